The summed E-state index contributed by atoms with van der Waals surface area (Å²) in [5, 5.41) is 5.70. The minimum absolute atomic E-state index is 0.0604. The van der Waals surface area contributed by atoms with Crippen molar-refractivity contribution in [2.75, 3.05) is 12.4 Å². The van der Waals surface area contributed by atoms with E-state index < -0.39 is 10.0 Å². The summed E-state index contributed by atoms with van der Waals surface area (Å²) in [6.45, 7) is 2.68. The van der Waals surface area contributed by atoms with Crippen LogP contribution in [0.1, 0.15) is 38.2 Å². The van der Waals surface area contributed by atoms with E-state index in [1.807, 2.05) is 18.2 Å². The number of ether oxygens (including phenoxy) is 1. The van der Waals surface area contributed by atoms with Gasteiger partial charge in [-0.15, -0.1) is 0 Å². The van der Waals surface area contributed by atoms with Crippen molar-refractivity contribution in [2.45, 2.75) is 39.0 Å². The molecule has 0 bridgehead atoms. The Morgan fingerprint density at radius 1 is 1.20 bits per heavy atom. The maximum Gasteiger partial charge on any atom is 0.209 e. The fraction of sp³-hybridized carbons (Fsp3) is 0.571. The van der Waals surface area contributed by atoms with Gasteiger partial charge in [0.05, 0.1) is 12.4 Å². The molecule has 1 aromatic rings. The molecule has 0 saturated heterocycles. The minimum Gasteiger partial charge on any atom is -0.494 e. The zero-order valence-corrected chi connectivity index (χ0v) is 13.3. The van der Waals surface area contributed by atoms with E-state index in [2.05, 4.69) is 6.92 Å². The van der Waals surface area contributed by atoms with Gasteiger partial charge in [0.2, 0.25) is 10.0 Å². The molecule has 0 unspecified atom stereocenters. The van der Waals surface area contributed by atoms with Crippen molar-refractivity contribution < 1.29 is 13.2 Å². The lowest BCUT2D eigenvalue weighted by molar-refractivity contribution is 0.305. The molecular formula is C14H22ClNO3S. The third-order valence-corrected chi connectivity index (χ3v) is 4.22. The Hall–Kier alpha value is -0.780. The van der Waals surface area contributed by atoms with E-state index in [1.165, 1.54) is 0 Å². The lowest BCUT2D eigenvalue weighted by Gasteiger charge is -2.08. The van der Waals surface area contributed by atoms with Gasteiger partial charge in [-0.05, 0) is 43.0 Å². The molecule has 1 aromatic carbocycles. The summed E-state index contributed by atoms with van der Waals surface area (Å²) in [6.07, 6.45) is 4.17. The first-order valence-electron chi connectivity index (χ1n) is 6.84. The number of nitrogens with two attached hydrogens (primary N) is 1. The first-order valence-corrected chi connectivity index (χ1v) is 8.93. The molecule has 4 nitrogen and oxygen atoms in total. The van der Waals surface area contributed by atoms with Crippen molar-refractivity contribution in [1.29, 1.82) is 0 Å². The normalized spacial score (nSPS) is 11.6. The van der Waals surface area contributed by atoms with Gasteiger partial charge in [0.25, 0.3) is 0 Å². The maximum atomic E-state index is 10.7. The summed E-state index contributed by atoms with van der Waals surface area (Å²) in [7, 11) is -3.32. The average molecular weight is 320 g/mol. The summed E-state index contributed by atoms with van der Waals surface area (Å²) in [6, 6.07) is 5.67. The van der Waals surface area contributed by atoms with Crippen LogP contribution in [0.2, 0.25) is 5.02 Å². The van der Waals surface area contributed by atoms with Crippen molar-refractivity contribution in [2.24, 2.45) is 5.14 Å². The SMILES string of the molecule is CCc1cc(OCCCCCCS(N)(=O)=O)ccc1Cl. The maximum absolute atomic E-state index is 10.7. The van der Waals surface area contributed by atoms with Gasteiger partial charge in [-0.2, -0.15) is 0 Å². The lowest BCUT2D eigenvalue weighted by Crippen LogP contribution is -2.16. The van der Waals surface area contributed by atoms with Crippen LogP contribution in [0.4, 0.5) is 0 Å². The van der Waals surface area contributed by atoms with Gasteiger partial charge in [0, 0.05) is 5.02 Å². The van der Waals surface area contributed by atoms with E-state index in [0.29, 0.717) is 13.0 Å². The number of aryl methyl sites for hydroxylation is 1. The molecule has 0 amide bonds. The highest BCUT2D eigenvalue weighted by Gasteiger charge is 2.03. The average Bonchev–Trinajstić information content (AvgIpc) is 2.38. The molecule has 0 aliphatic rings. The van der Waals surface area contributed by atoms with Crippen LogP contribution in [0, 0.1) is 0 Å². The monoisotopic (exact) mass is 319 g/mol. The summed E-state index contributed by atoms with van der Waals surface area (Å²) in [5.74, 6) is 0.890. The van der Waals surface area contributed by atoms with E-state index in [1.54, 1.807) is 0 Å². The molecule has 0 saturated carbocycles. The molecule has 114 valence electrons. The van der Waals surface area contributed by atoms with Crippen molar-refractivity contribution in [3.8, 4) is 5.75 Å². The van der Waals surface area contributed by atoms with Crippen LogP contribution in [0.3, 0.4) is 0 Å². The van der Waals surface area contributed by atoms with Crippen LogP contribution in [0.5, 0.6) is 5.75 Å². The van der Waals surface area contributed by atoms with Gasteiger partial charge in [0.15, 0.2) is 0 Å². The van der Waals surface area contributed by atoms with Gasteiger partial charge in [-0.1, -0.05) is 31.4 Å². The number of benzene rings is 1. The Labute approximate surface area is 126 Å². The molecule has 0 aliphatic heterocycles. The third-order valence-electron chi connectivity index (χ3n) is 2.99. The summed E-state index contributed by atoms with van der Waals surface area (Å²) < 4.78 is 27.1. The molecule has 0 heterocycles. The van der Waals surface area contributed by atoms with Crippen molar-refractivity contribution in [3.63, 3.8) is 0 Å². The molecule has 0 radical (unpaired) electrons. The molecule has 0 spiro atoms. The number of rotatable bonds is 9. The molecule has 2 N–H and O–H groups in total. The number of unbranched alkanes of at least 4 members (excludes halogenated alkanes) is 3. The first-order chi connectivity index (χ1) is 9.42. The van der Waals surface area contributed by atoms with E-state index in [0.717, 1.165) is 42.0 Å². The number of hydrogen-bond donors (Lipinski definition) is 1. The smallest absolute Gasteiger partial charge is 0.209 e. The van der Waals surface area contributed by atoms with Gasteiger partial charge in [0.1, 0.15) is 5.75 Å². The predicted molar refractivity (Wildman–Crippen MR) is 82.8 cm³/mol. The molecule has 0 fully saturated rings. The molecule has 0 aromatic heterocycles. The van der Waals surface area contributed by atoms with E-state index >= 15 is 0 Å². The molecular weight excluding hydrogens is 298 g/mol. The Bertz CT molecular complexity index is 517. The number of hydrogen-bond acceptors (Lipinski definition) is 3. The van der Waals surface area contributed by atoms with Crippen molar-refractivity contribution in [3.05, 3.63) is 28.8 Å². The number of halogens is 1. The Morgan fingerprint density at radius 2 is 1.90 bits per heavy atom. The van der Waals surface area contributed by atoms with Crippen LogP contribution in [-0.4, -0.2) is 20.8 Å². The van der Waals surface area contributed by atoms with Gasteiger partial charge < -0.3 is 4.74 Å². The Balaban J connectivity index is 2.18. The van der Waals surface area contributed by atoms with Crippen LogP contribution in [0.25, 0.3) is 0 Å². The highest BCUT2D eigenvalue weighted by molar-refractivity contribution is 7.89. The van der Waals surface area contributed by atoms with E-state index in [4.69, 9.17) is 21.5 Å². The molecule has 0 aliphatic carbocycles. The van der Waals surface area contributed by atoms with Crippen LogP contribution in [0.15, 0.2) is 18.2 Å². The summed E-state index contributed by atoms with van der Waals surface area (Å²) in [5.41, 5.74) is 1.08. The van der Waals surface area contributed by atoms with Crippen LogP contribution < -0.4 is 9.88 Å². The Morgan fingerprint density at radius 3 is 2.55 bits per heavy atom. The predicted octanol–water partition coefficient (Wildman–Crippen LogP) is 3.13. The van der Waals surface area contributed by atoms with Crippen molar-refractivity contribution >= 4 is 21.6 Å². The third kappa shape index (κ3) is 7.12. The van der Waals surface area contributed by atoms with E-state index in [-0.39, 0.29) is 5.75 Å². The van der Waals surface area contributed by atoms with Crippen molar-refractivity contribution in [1.82, 2.24) is 0 Å². The zero-order chi connectivity index (χ0) is 15.0. The second-order valence-corrected chi connectivity index (χ2v) is 6.88. The first kappa shape index (κ1) is 17.3. The number of primary sulfonamides is 1. The van der Waals surface area contributed by atoms with Gasteiger partial charge >= 0.3 is 0 Å². The van der Waals surface area contributed by atoms with Gasteiger partial charge in [-0.3, -0.25) is 0 Å². The second-order valence-electron chi connectivity index (χ2n) is 4.74. The summed E-state index contributed by atoms with van der Waals surface area (Å²) >= 11 is 6.04. The number of sulfonamides is 1. The van der Waals surface area contributed by atoms with Crippen LogP contribution >= 0.6 is 11.6 Å². The minimum atomic E-state index is -3.32. The highest BCUT2D eigenvalue weighted by atomic mass is 35.5. The fourth-order valence-corrected chi connectivity index (χ4v) is 2.72. The summed E-state index contributed by atoms with van der Waals surface area (Å²) in [4.78, 5) is 0. The zero-order valence-electron chi connectivity index (χ0n) is 11.8. The lowest BCUT2D eigenvalue weighted by atomic mass is 10.1. The quantitative estimate of drug-likeness (QED) is 0.711. The largest absolute Gasteiger partial charge is 0.494 e. The topological polar surface area (TPSA) is 69.4 Å². The van der Waals surface area contributed by atoms with Crippen LogP contribution in [-0.2, 0) is 16.4 Å². The molecule has 0 atom stereocenters. The molecule has 20 heavy (non-hydrogen) atoms. The van der Waals surface area contributed by atoms with E-state index in [9.17, 15) is 8.42 Å². The fourth-order valence-electron chi connectivity index (χ4n) is 1.86. The standard InChI is InChI=1S/C14H22ClNO3S/c1-2-12-11-13(7-8-14(12)15)19-9-5-3-4-6-10-20(16,17)18/h7-8,11H,2-6,9-10H2,1H3,(H2,16,17,18). The molecule has 6 heteroatoms. The second kappa shape index (κ2) is 8.49. The molecule has 1 rings (SSSR count). The Kier molecular flexibility index (Phi) is 7.34. The highest BCUT2D eigenvalue weighted by Crippen LogP contribution is 2.22. The van der Waals surface area contributed by atoms with Gasteiger partial charge in [-0.25, -0.2) is 13.6 Å².